The molecule has 1 aromatic heterocycles. The number of hydrogen-bond acceptors (Lipinski definition) is 4. The molecule has 2 heterocycles. The molecule has 0 spiro atoms. The van der Waals surface area contributed by atoms with Crippen LogP contribution >= 0.6 is 11.6 Å². The maximum absolute atomic E-state index is 11.7. The van der Waals surface area contributed by atoms with Crippen molar-refractivity contribution in [3.8, 4) is 0 Å². The minimum atomic E-state index is -3.07. The van der Waals surface area contributed by atoms with Crippen LogP contribution in [0.5, 0.6) is 0 Å². The van der Waals surface area contributed by atoms with Crippen LogP contribution in [0, 0.1) is 0 Å². The Hall–Kier alpha value is -0.880. The van der Waals surface area contributed by atoms with E-state index in [9.17, 15) is 13.2 Å². The third kappa shape index (κ3) is 2.51. The Balaban J connectivity index is 2.60. The topological polar surface area (TPSA) is 69.0 Å². The smallest absolute Gasteiger partial charge is 0.155 e. The van der Waals surface area contributed by atoms with E-state index < -0.39 is 15.4 Å². The summed E-state index contributed by atoms with van der Waals surface area (Å²) in [6.07, 6.45) is 1.15. The summed E-state index contributed by atoms with van der Waals surface area (Å²) in [6, 6.07) is 0. The molecule has 0 aliphatic carbocycles. The Labute approximate surface area is 124 Å². The first-order valence-corrected chi connectivity index (χ1v) is 8.65. The molecule has 112 valence electrons. The second kappa shape index (κ2) is 4.56. The highest BCUT2D eigenvalue weighted by molar-refractivity contribution is 7.91. The Morgan fingerprint density at radius 1 is 1.40 bits per heavy atom. The van der Waals surface area contributed by atoms with Gasteiger partial charge in [0.1, 0.15) is 5.15 Å². The van der Waals surface area contributed by atoms with Gasteiger partial charge in [0, 0.05) is 5.41 Å². The molecular formula is C13H19ClN2O3S. The van der Waals surface area contributed by atoms with Crippen LogP contribution in [-0.4, -0.2) is 36.0 Å². The standard InChI is InChI=1S/C13H19ClN2O3S/c1-12(2,3)10-9(7-17)11(14)16(15-10)13(4)5-6-20(18,19)8-13/h7H,5-6,8H2,1-4H3. The quantitative estimate of drug-likeness (QED) is 0.784. The third-order valence-corrected chi connectivity index (χ3v) is 5.94. The van der Waals surface area contributed by atoms with Crippen molar-refractivity contribution < 1.29 is 13.2 Å². The van der Waals surface area contributed by atoms with E-state index in [1.807, 2.05) is 27.7 Å². The van der Waals surface area contributed by atoms with Gasteiger partial charge in [-0.2, -0.15) is 5.10 Å². The summed E-state index contributed by atoms with van der Waals surface area (Å²) in [4.78, 5) is 11.3. The number of sulfone groups is 1. The van der Waals surface area contributed by atoms with Gasteiger partial charge in [0.2, 0.25) is 0 Å². The number of hydrogen-bond donors (Lipinski definition) is 0. The first-order chi connectivity index (χ1) is 9.00. The Kier molecular flexibility index (Phi) is 3.54. The summed E-state index contributed by atoms with van der Waals surface area (Å²) in [6.45, 7) is 7.64. The lowest BCUT2D eigenvalue weighted by molar-refractivity contribution is 0.112. The van der Waals surface area contributed by atoms with E-state index in [-0.39, 0.29) is 22.1 Å². The molecule has 0 amide bonds. The fourth-order valence-electron chi connectivity index (χ4n) is 2.59. The monoisotopic (exact) mass is 318 g/mol. The summed E-state index contributed by atoms with van der Waals surface area (Å²) >= 11 is 6.27. The van der Waals surface area contributed by atoms with Gasteiger partial charge >= 0.3 is 0 Å². The summed E-state index contributed by atoms with van der Waals surface area (Å²) in [5.74, 6) is 0.129. The van der Waals surface area contributed by atoms with E-state index in [4.69, 9.17) is 11.6 Å². The van der Waals surface area contributed by atoms with Gasteiger partial charge in [0.05, 0.1) is 28.3 Å². The van der Waals surface area contributed by atoms with Gasteiger partial charge in [0.15, 0.2) is 16.1 Å². The van der Waals surface area contributed by atoms with Crippen LogP contribution in [0.1, 0.15) is 50.2 Å². The van der Waals surface area contributed by atoms with Gasteiger partial charge in [-0.3, -0.25) is 4.79 Å². The lowest BCUT2D eigenvalue weighted by atomic mass is 9.90. The highest BCUT2D eigenvalue weighted by Crippen LogP contribution is 2.37. The molecule has 1 fully saturated rings. The molecule has 1 aliphatic rings. The highest BCUT2D eigenvalue weighted by Gasteiger charge is 2.43. The third-order valence-electron chi connectivity index (χ3n) is 3.69. The summed E-state index contributed by atoms with van der Waals surface area (Å²) < 4.78 is 25.0. The van der Waals surface area contributed by atoms with Crippen molar-refractivity contribution in [3.05, 3.63) is 16.4 Å². The highest BCUT2D eigenvalue weighted by atomic mass is 35.5. The van der Waals surface area contributed by atoms with Gasteiger partial charge in [-0.1, -0.05) is 32.4 Å². The van der Waals surface area contributed by atoms with Crippen LogP contribution in [0.25, 0.3) is 0 Å². The normalized spacial score (nSPS) is 25.9. The van der Waals surface area contributed by atoms with Gasteiger partial charge in [-0.25, -0.2) is 13.1 Å². The molecule has 5 nitrogen and oxygen atoms in total. The molecule has 0 bridgehead atoms. The molecule has 0 radical (unpaired) electrons. The van der Waals surface area contributed by atoms with Crippen LogP contribution in [0.15, 0.2) is 0 Å². The Morgan fingerprint density at radius 2 is 2.00 bits per heavy atom. The maximum Gasteiger partial charge on any atom is 0.155 e. The van der Waals surface area contributed by atoms with Crippen LogP contribution in [0.4, 0.5) is 0 Å². The molecule has 1 saturated heterocycles. The van der Waals surface area contributed by atoms with Gasteiger partial charge < -0.3 is 0 Å². The Bertz CT molecular complexity index is 658. The molecule has 1 aromatic rings. The van der Waals surface area contributed by atoms with E-state index >= 15 is 0 Å². The van der Waals surface area contributed by atoms with Gasteiger partial charge in [-0.15, -0.1) is 0 Å². The minimum absolute atomic E-state index is 0.00325. The van der Waals surface area contributed by atoms with Crippen LogP contribution in [0.2, 0.25) is 5.15 Å². The van der Waals surface area contributed by atoms with Crippen molar-refractivity contribution in [3.63, 3.8) is 0 Å². The molecule has 20 heavy (non-hydrogen) atoms. The minimum Gasteiger partial charge on any atom is -0.298 e. The van der Waals surface area contributed by atoms with E-state index in [2.05, 4.69) is 5.10 Å². The molecule has 1 aliphatic heterocycles. The van der Waals surface area contributed by atoms with Crippen molar-refractivity contribution >= 4 is 27.7 Å². The van der Waals surface area contributed by atoms with Crippen molar-refractivity contribution in [2.24, 2.45) is 0 Å². The van der Waals surface area contributed by atoms with Crippen molar-refractivity contribution in [1.29, 1.82) is 0 Å². The molecule has 0 aromatic carbocycles. The summed E-state index contributed by atoms with van der Waals surface area (Å²) in [7, 11) is -3.07. The molecule has 7 heteroatoms. The van der Waals surface area contributed by atoms with Gasteiger partial charge in [0.25, 0.3) is 0 Å². The SMILES string of the molecule is CC(C)(C)c1nn(C2(C)CCS(=O)(=O)C2)c(Cl)c1C=O. The zero-order chi connectivity index (χ0) is 15.3. The van der Waals surface area contributed by atoms with Crippen molar-refractivity contribution in [1.82, 2.24) is 9.78 Å². The average Bonchev–Trinajstić information content (AvgIpc) is 2.76. The number of carbonyl (C=O) groups excluding carboxylic acids is 1. The number of nitrogens with zero attached hydrogens (tertiary/aromatic N) is 2. The van der Waals surface area contributed by atoms with Gasteiger partial charge in [-0.05, 0) is 13.3 Å². The zero-order valence-electron chi connectivity index (χ0n) is 12.1. The van der Waals surface area contributed by atoms with E-state index in [0.29, 0.717) is 24.0 Å². The zero-order valence-corrected chi connectivity index (χ0v) is 13.7. The predicted octanol–water partition coefficient (Wildman–Crippen LogP) is 2.18. The second-order valence-electron chi connectivity index (χ2n) is 6.67. The van der Waals surface area contributed by atoms with E-state index in [0.717, 1.165) is 0 Å². The average molecular weight is 319 g/mol. The summed E-state index contributed by atoms with van der Waals surface area (Å²) in [5.41, 5.74) is -0.0661. The first-order valence-electron chi connectivity index (χ1n) is 6.45. The summed E-state index contributed by atoms with van der Waals surface area (Å²) in [5, 5.41) is 4.69. The number of halogens is 1. The fraction of sp³-hybridized carbons (Fsp3) is 0.692. The number of aromatic nitrogens is 2. The molecule has 0 saturated carbocycles. The molecule has 0 N–H and O–H groups in total. The second-order valence-corrected chi connectivity index (χ2v) is 9.21. The van der Waals surface area contributed by atoms with Crippen LogP contribution < -0.4 is 0 Å². The molecule has 1 atom stereocenters. The van der Waals surface area contributed by atoms with Crippen molar-refractivity contribution in [2.75, 3.05) is 11.5 Å². The Morgan fingerprint density at radius 3 is 2.35 bits per heavy atom. The number of rotatable bonds is 2. The first kappa shape index (κ1) is 15.5. The molecular weight excluding hydrogens is 300 g/mol. The van der Waals surface area contributed by atoms with E-state index in [1.54, 1.807) is 0 Å². The lowest BCUT2D eigenvalue weighted by Gasteiger charge is -2.24. The molecule has 2 rings (SSSR count). The number of aldehydes is 1. The molecule has 1 unspecified atom stereocenters. The predicted molar refractivity (Wildman–Crippen MR) is 78.2 cm³/mol. The van der Waals surface area contributed by atoms with Crippen molar-refractivity contribution in [2.45, 2.75) is 45.1 Å². The largest absolute Gasteiger partial charge is 0.298 e. The lowest BCUT2D eigenvalue weighted by Crippen LogP contribution is -2.33. The van der Waals surface area contributed by atoms with Crippen LogP contribution in [-0.2, 0) is 20.8 Å². The van der Waals surface area contributed by atoms with E-state index in [1.165, 1.54) is 4.68 Å². The number of carbonyl (C=O) groups is 1. The van der Waals surface area contributed by atoms with Crippen LogP contribution in [0.3, 0.4) is 0 Å². The maximum atomic E-state index is 11.7. The fourth-order valence-corrected chi connectivity index (χ4v) is 5.07.